The van der Waals surface area contributed by atoms with Crippen molar-refractivity contribution in [1.82, 2.24) is 14.9 Å². The predicted molar refractivity (Wildman–Crippen MR) is 65.8 cm³/mol. The average molecular weight is 220 g/mol. The Morgan fingerprint density at radius 1 is 1.06 bits per heavy atom. The van der Waals surface area contributed by atoms with Crippen LogP contribution in [-0.2, 0) is 0 Å². The summed E-state index contributed by atoms with van der Waals surface area (Å²) in [5.41, 5.74) is 1.21. The second kappa shape index (κ2) is 4.78. The summed E-state index contributed by atoms with van der Waals surface area (Å²) in [5.74, 6) is 1.37. The van der Waals surface area contributed by atoms with Gasteiger partial charge in [-0.25, -0.2) is 9.97 Å². The normalized spacial score (nSPS) is 18.1. The molecular formula is C12H20N4. The van der Waals surface area contributed by atoms with E-state index in [2.05, 4.69) is 40.7 Å². The van der Waals surface area contributed by atoms with Crippen LogP contribution in [-0.4, -0.2) is 48.1 Å². The molecule has 2 heterocycles. The van der Waals surface area contributed by atoms with E-state index in [1.54, 1.807) is 0 Å². The summed E-state index contributed by atoms with van der Waals surface area (Å²) in [5, 5.41) is 0. The number of aromatic nitrogens is 2. The minimum Gasteiger partial charge on any atom is -0.338 e. The van der Waals surface area contributed by atoms with Crippen LogP contribution in [0.4, 0.5) is 5.95 Å². The van der Waals surface area contributed by atoms with Crippen LogP contribution >= 0.6 is 0 Å². The van der Waals surface area contributed by atoms with Gasteiger partial charge in [0.05, 0.1) is 0 Å². The maximum atomic E-state index is 4.44. The zero-order valence-electron chi connectivity index (χ0n) is 10.3. The highest BCUT2D eigenvalue weighted by atomic mass is 15.3. The van der Waals surface area contributed by atoms with E-state index in [0.717, 1.165) is 32.1 Å². The second-order valence-corrected chi connectivity index (χ2v) is 4.76. The van der Waals surface area contributed by atoms with Crippen LogP contribution in [0.25, 0.3) is 0 Å². The number of nitrogens with zero attached hydrogens (tertiary/aromatic N) is 4. The van der Waals surface area contributed by atoms with Crippen molar-refractivity contribution < 1.29 is 0 Å². The minimum atomic E-state index is 0.501. The molecule has 4 nitrogen and oxygen atoms in total. The molecular weight excluding hydrogens is 200 g/mol. The third-order valence-electron chi connectivity index (χ3n) is 3.11. The summed E-state index contributed by atoms with van der Waals surface area (Å²) in [6.45, 7) is 8.56. The molecule has 4 heteroatoms. The first-order valence-corrected chi connectivity index (χ1v) is 5.92. The first-order chi connectivity index (χ1) is 7.66. The fourth-order valence-electron chi connectivity index (χ4n) is 1.80. The first-order valence-electron chi connectivity index (χ1n) is 5.92. The van der Waals surface area contributed by atoms with E-state index < -0.39 is 0 Å². The maximum absolute atomic E-state index is 4.44. The smallest absolute Gasteiger partial charge is 0.225 e. The van der Waals surface area contributed by atoms with E-state index in [-0.39, 0.29) is 0 Å². The van der Waals surface area contributed by atoms with Crippen molar-refractivity contribution in [1.29, 1.82) is 0 Å². The van der Waals surface area contributed by atoms with Crippen LogP contribution in [0.3, 0.4) is 0 Å². The van der Waals surface area contributed by atoms with E-state index in [4.69, 9.17) is 0 Å². The molecule has 0 unspecified atom stereocenters. The average Bonchev–Trinajstić information content (AvgIpc) is 2.30. The highest BCUT2D eigenvalue weighted by molar-refractivity contribution is 5.31. The molecule has 0 bridgehead atoms. The minimum absolute atomic E-state index is 0.501. The van der Waals surface area contributed by atoms with Crippen LogP contribution in [0.1, 0.15) is 25.3 Å². The van der Waals surface area contributed by atoms with Gasteiger partial charge < -0.3 is 9.80 Å². The van der Waals surface area contributed by atoms with Gasteiger partial charge in [0.1, 0.15) is 0 Å². The Balaban J connectivity index is 2.04. The van der Waals surface area contributed by atoms with Crippen molar-refractivity contribution in [2.24, 2.45) is 0 Å². The Labute approximate surface area is 97.3 Å². The van der Waals surface area contributed by atoms with Gasteiger partial charge in [0.2, 0.25) is 5.95 Å². The third kappa shape index (κ3) is 2.50. The van der Waals surface area contributed by atoms with Crippen LogP contribution in [0, 0.1) is 0 Å². The fraction of sp³-hybridized carbons (Fsp3) is 0.667. The Kier molecular flexibility index (Phi) is 3.39. The zero-order chi connectivity index (χ0) is 11.5. The molecule has 1 aromatic rings. The molecule has 1 saturated heterocycles. The van der Waals surface area contributed by atoms with Crippen molar-refractivity contribution in [3.63, 3.8) is 0 Å². The van der Waals surface area contributed by atoms with Gasteiger partial charge in [-0.05, 0) is 18.5 Å². The number of piperazine rings is 1. The third-order valence-corrected chi connectivity index (χ3v) is 3.11. The summed E-state index contributed by atoms with van der Waals surface area (Å²) in [4.78, 5) is 13.5. The lowest BCUT2D eigenvalue weighted by Crippen LogP contribution is -2.45. The van der Waals surface area contributed by atoms with Crippen molar-refractivity contribution in [3.05, 3.63) is 18.0 Å². The van der Waals surface area contributed by atoms with Crippen molar-refractivity contribution in [2.75, 3.05) is 38.1 Å². The largest absolute Gasteiger partial charge is 0.338 e. The Bertz CT molecular complexity index is 325. The molecule has 1 aliphatic rings. The molecule has 0 spiro atoms. The standard InChI is InChI=1S/C12H20N4/c1-10(2)11-8-13-12(14-9-11)16-6-4-15(3)5-7-16/h8-10H,4-7H2,1-3H3. The van der Waals surface area contributed by atoms with Gasteiger partial charge in [0.15, 0.2) is 0 Å². The lowest BCUT2D eigenvalue weighted by molar-refractivity contribution is 0.311. The Morgan fingerprint density at radius 2 is 1.62 bits per heavy atom. The summed E-state index contributed by atoms with van der Waals surface area (Å²) in [6.07, 6.45) is 3.90. The van der Waals surface area contributed by atoms with Crippen LogP contribution < -0.4 is 4.90 Å². The zero-order valence-corrected chi connectivity index (χ0v) is 10.3. The van der Waals surface area contributed by atoms with E-state index in [9.17, 15) is 0 Å². The van der Waals surface area contributed by atoms with Crippen LogP contribution in [0.15, 0.2) is 12.4 Å². The van der Waals surface area contributed by atoms with Gasteiger partial charge >= 0.3 is 0 Å². The molecule has 0 saturated carbocycles. The van der Waals surface area contributed by atoms with Crippen LogP contribution in [0.2, 0.25) is 0 Å². The van der Waals surface area contributed by atoms with Gasteiger partial charge in [0.25, 0.3) is 0 Å². The van der Waals surface area contributed by atoms with Gasteiger partial charge in [-0.3, -0.25) is 0 Å². The lowest BCUT2D eigenvalue weighted by atomic mass is 10.1. The Hall–Kier alpha value is -1.16. The van der Waals surface area contributed by atoms with E-state index in [0.29, 0.717) is 5.92 Å². The predicted octanol–water partition coefficient (Wildman–Crippen LogP) is 1.35. The number of anilines is 1. The monoisotopic (exact) mass is 220 g/mol. The molecule has 1 aromatic heterocycles. The molecule has 0 amide bonds. The molecule has 0 aliphatic carbocycles. The lowest BCUT2D eigenvalue weighted by Gasteiger charge is -2.32. The molecule has 1 fully saturated rings. The van der Waals surface area contributed by atoms with Crippen molar-refractivity contribution >= 4 is 5.95 Å². The number of likely N-dealkylation sites (N-methyl/N-ethyl adjacent to an activating group) is 1. The number of rotatable bonds is 2. The van der Waals surface area contributed by atoms with Gasteiger partial charge in [-0.15, -0.1) is 0 Å². The topological polar surface area (TPSA) is 32.3 Å². The maximum Gasteiger partial charge on any atom is 0.225 e. The molecule has 1 aliphatic heterocycles. The first kappa shape index (κ1) is 11.3. The fourth-order valence-corrected chi connectivity index (χ4v) is 1.80. The van der Waals surface area contributed by atoms with E-state index in [1.165, 1.54) is 5.56 Å². The molecule has 0 atom stereocenters. The van der Waals surface area contributed by atoms with E-state index >= 15 is 0 Å². The Morgan fingerprint density at radius 3 is 2.12 bits per heavy atom. The summed E-state index contributed by atoms with van der Waals surface area (Å²) >= 11 is 0. The molecule has 2 rings (SSSR count). The highest BCUT2D eigenvalue weighted by Gasteiger charge is 2.16. The molecule has 16 heavy (non-hydrogen) atoms. The highest BCUT2D eigenvalue weighted by Crippen LogP contribution is 2.15. The van der Waals surface area contributed by atoms with Crippen molar-refractivity contribution in [2.45, 2.75) is 19.8 Å². The van der Waals surface area contributed by atoms with Gasteiger partial charge in [-0.2, -0.15) is 0 Å². The number of hydrogen-bond acceptors (Lipinski definition) is 4. The molecule has 0 aromatic carbocycles. The summed E-state index contributed by atoms with van der Waals surface area (Å²) < 4.78 is 0. The molecule has 88 valence electrons. The molecule has 0 radical (unpaired) electrons. The number of hydrogen-bond donors (Lipinski definition) is 0. The molecule has 0 N–H and O–H groups in total. The van der Waals surface area contributed by atoms with Crippen LogP contribution in [0.5, 0.6) is 0 Å². The second-order valence-electron chi connectivity index (χ2n) is 4.76. The van der Waals surface area contributed by atoms with Gasteiger partial charge in [0, 0.05) is 38.6 Å². The quantitative estimate of drug-likeness (QED) is 0.753. The van der Waals surface area contributed by atoms with Gasteiger partial charge in [-0.1, -0.05) is 13.8 Å². The summed E-state index contributed by atoms with van der Waals surface area (Å²) in [6, 6.07) is 0. The van der Waals surface area contributed by atoms with E-state index in [1.807, 2.05) is 12.4 Å². The SMILES string of the molecule is CC(C)c1cnc(N2CCN(C)CC2)nc1. The summed E-state index contributed by atoms with van der Waals surface area (Å²) in [7, 11) is 2.15. The van der Waals surface area contributed by atoms with Crippen molar-refractivity contribution in [3.8, 4) is 0 Å².